The molecule has 2 aromatic rings. The van der Waals surface area contributed by atoms with Crippen molar-refractivity contribution in [1.82, 2.24) is 4.57 Å². The number of hydrogen-bond acceptors (Lipinski definition) is 2. The van der Waals surface area contributed by atoms with E-state index in [0.717, 1.165) is 18.7 Å². The van der Waals surface area contributed by atoms with Gasteiger partial charge in [-0.1, -0.05) is 37.3 Å². The molecule has 0 radical (unpaired) electrons. The highest BCUT2D eigenvalue weighted by Gasteiger charge is 2.05. The zero-order valence-electron chi connectivity index (χ0n) is 11.5. The maximum absolute atomic E-state index is 11.7. The molecule has 0 fully saturated rings. The summed E-state index contributed by atoms with van der Waals surface area (Å²) in [6, 6.07) is 14.0. The molecule has 3 nitrogen and oxygen atoms in total. The van der Waals surface area contributed by atoms with E-state index in [1.807, 2.05) is 30.5 Å². The fourth-order valence-electron chi connectivity index (χ4n) is 2.11. The fraction of sp³-hybridized carbons (Fsp3) is 0.312. The minimum atomic E-state index is 0.0553. The van der Waals surface area contributed by atoms with E-state index in [-0.39, 0.29) is 11.6 Å². The van der Waals surface area contributed by atoms with Crippen molar-refractivity contribution in [2.75, 3.05) is 5.32 Å². The normalized spacial score (nSPS) is 12.1. The first-order valence-electron chi connectivity index (χ1n) is 6.72. The van der Waals surface area contributed by atoms with E-state index < -0.39 is 0 Å². The highest BCUT2D eigenvalue weighted by atomic mass is 16.1. The van der Waals surface area contributed by atoms with E-state index in [9.17, 15) is 4.79 Å². The molecule has 0 aliphatic carbocycles. The average molecular weight is 256 g/mol. The first-order chi connectivity index (χ1) is 9.20. The summed E-state index contributed by atoms with van der Waals surface area (Å²) in [7, 11) is 0. The van der Waals surface area contributed by atoms with Crippen LogP contribution in [0.3, 0.4) is 0 Å². The van der Waals surface area contributed by atoms with Crippen LogP contribution < -0.4 is 10.9 Å². The second-order valence-corrected chi connectivity index (χ2v) is 4.73. The molecule has 0 spiro atoms. The highest BCUT2D eigenvalue weighted by Crippen LogP contribution is 2.17. The molecular weight excluding hydrogens is 236 g/mol. The van der Waals surface area contributed by atoms with Gasteiger partial charge in [-0.05, 0) is 25.0 Å². The number of hydrogen-bond donors (Lipinski definition) is 1. The van der Waals surface area contributed by atoms with E-state index in [4.69, 9.17) is 0 Å². The molecule has 1 heterocycles. The maximum atomic E-state index is 11.7. The van der Waals surface area contributed by atoms with Crippen molar-refractivity contribution in [3.63, 3.8) is 0 Å². The van der Waals surface area contributed by atoms with Crippen molar-refractivity contribution in [2.45, 2.75) is 32.9 Å². The van der Waals surface area contributed by atoms with Crippen LogP contribution in [0.5, 0.6) is 0 Å². The van der Waals surface area contributed by atoms with Gasteiger partial charge in [0.15, 0.2) is 0 Å². The fourth-order valence-corrected chi connectivity index (χ4v) is 2.11. The first-order valence-corrected chi connectivity index (χ1v) is 6.72. The Morgan fingerprint density at radius 3 is 2.58 bits per heavy atom. The number of rotatable bonds is 5. The van der Waals surface area contributed by atoms with E-state index in [2.05, 4.69) is 31.3 Å². The Hall–Kier alpha value is -2.03. The average Bonchev–Trinajstić information content (AvgIpc) is 2.44. The molecule has 1 aromatic heterocycles. The van der Waals surface area contributed by atoms with E-state index in [1.165, 1.54) is 5.56 Å². The number of aromatic nitrogens is 1. The summed E-state index contributed by atoms with van der Waals surface area (Å²) in [5.74, 6) is 0. The predicted molar refractivity (Wildman–Crippen MR) is 79.5 cm³/mol. The third-order valence-electron chi connectivity index (χ3n) is 3.13. The molecule has 0 bridgehead atoms. The SMILES string of the molecule is CCCn1cc(NC(C)c2ccccc2)ccc1=O. The van der Waals surface area contributed by atoms with Crippen LogP contribution in [0.4, 0.5) is 5.69 Å². The van der Waals surface area contributed by atoms with Crippen LogP contribution >= 0.6 is 0 Å². The first kappa shape index (κ1) is 13.4. The van der Waals surface area contributed by atoms with Crippen molar-refractivity contribution in [3.05, 3.63) is 64.6 Å². The van der Waals surface area contributed by atoms with Crippen molar-refractivity contribution >= 4 is 5.69 Å². The minimum Gasteiger partial charge on any atom is -0.377 e. The largest absolute Gasteiger partial charge is 0.377 e. The minimum absolute atomic E-state index is 0.0553. The van der Waals surface area contributed by atoms with E-state index in [0.29, 0.717) is 0 Å². The van der Waals surface area contributed by atoms with Crippen LogP contribution in [-0.4, -0.2) is 4.57 Å². The molecule has 2 rings (SSSR count). The molecule has 0 saturated carbocycles. The third-order valence-corrected chi connectivity index (χ3v) is 3.13. The second-order valence-electron chi connectivity index (χ2n) is 4.73. The lowest BCUT2D eigenvalue weighted by atomic mass is 10.1. The summed E-state index contributed by atoms with van der Waals surface area (Å²) in [4.78, 5) is 11.7. The lowest BCUT2D eigenvalue weighted by molar-refractivity contribution is 0.654. The van der Waals surface area contributed by atoms with Gasteiger partial charge in [-0.15, -0.1) is 0 Å². The monoisotopic (exact) mass is 256 g/mol. The number of aryl methyl sites for hydroxylation is 1. The van der Waals surface area contributed by atoms with Gasteiger partial charge in [0.2, 0.25) is 0 Å². The summed E-state index contributed by atoms with van der Waals surface area (Å²) < 4.78 is 1.75. The zero-order chi connectivity index (χ0) is 13.7. The Morgan fingerprint density at radius 1 is 1.16 bits per heavy atom. The number of benzene rings is 1. The van der Waals surface area contributed by atoms with E-state index >= 15 is 0 Å². The van der Waals surface area contributed by atoms with Crippen LogP contribution in [0.2, 0.25) is 0 Å². The lowest BCUT2D eigenvalue weighted by Gasteiger charge is -2.16. The van der Waals surface area contributed by atoms with Crippen LogP contribution in [0.15, 0.2) is 53.5 Å². The number of nitrogens with one attached hydrogen (secondary N) is 1. The van der Waals surface area contributed by atoms with Crippen molar-refractivity contribution in [2.24, 2.45) is 0 Å². The van der Waals surface area contributed by atoms with E-state index in [1.54, 1.807) is 10.6 Å². The number of nitrogens with zero attached hydrogens (tertiary/aromatic N) is 1. The Morgan fingerprint density at radius 2 is 1.89 bits per heavy atom. The van der Waals surface area contributed by atoms with Gasteiger partial charge in [0.05, 0.1) is 5.69 Å². The van der Waals surface area contributed by atoms with Crippen molar-refractivity contribution in [3.8, 4) is 0 Å². The lowest BCUT2D eigenvalue weighted by Crippen LogP contribution is -2.19. The molecule has 1 atom stereocenters. The topological polar surface area (TPSA) is 34.0 Å². The van der Waals surface area contributed by atoms with Gasteiger partial charge in [-0.25, -0.2) is 0 Å². The van der Waals surface area contributed by atoms with Gasteiger partial charge in [-0.2, -0.15) is 0 Å². The number of anilines is 1. The molecule has 0 aliphatic rings. The molecule has 19 heavy (non-hydrogen) atoms. The van der Waals surface area contributed by atoms with Crippen LogP contribution in [0.1, 0.15) is 31.9 Å². The molecule has 0 amide bonds. The van der Waals surface area contributed by atoms with Crippen molar-refractivity contribution in [1.29, 1.82) is 0 Å². The smallest absolute Gasteiger partial charge is 0.250 e. The Bertz CT molecular complexity index is 575. The molecule has 3 heteroatoms. The van der Waals surface area contributed by atoms with Gasteiger partial charge < -0.3 is 9.88 Å². The highest BCUT2D eigenvalue weighted by molar-refractivity contribution is 5.43. The maximum Gasteiger partial charge on any atom is 0.250 e. The van der Waals surface area contributed by atoms with Gasteiger partial charge in [0.1, 0.15) is 0 Å². The van der Waals surface area contributed by atoms with Crippen LogP contribution in [-0.2, 0) is 6.54 Å². The Balaban J connectivity index is 2.15. The summed E-state index contributed by atoms with van der Waals surface area (Å²) in [6.07, 6.45) is 2.85. The molecule has 0 saturated heterocycles. The molecule has 1 aromatic carbocycles. The van der Waals surface area contributed by atoms with Gasteiger partial charge >= 0.3 is 0 Å². The van der Waals surface area contributed by atoms with Gasteiger partial charge in [0.25, 0.3) is 5.56 Å². The summed E-state index contributed by atoms with van der Waals surface area (Å²) >= 11 is 0. The zero-order valence-corrected chi connectivity index (χ0v) is 11.5. The Labute approximate surface area is 113 Å². The van der Waals surface area contributed by atoms with Crippen molar-refractivity contribution < 1.29 is 0 Å². The van der Waals surface area contributed by atoms with Crippen LogP contribution in [0, 0.1) is 0 Å². The van der Waals surface area contributed by atoms with Gasteiger partial charge in [0, 0.05) is 24.8 Å². The summed E-state index contributed by atoms with van der Waals surface area (Å²) in [6.45, 7) is 4.94. The number of pyridine rings is 1. The van der Waals surface area contributed by atoms with Crippen LogP contribution in [0.25, 0.3) is 0 Å². The third kappa shape index (κ3) is 3.47. The molecule has 1 N–H and O–H groups in total. The molecule has 100 valence electrons. The standard InChI is InChI=1S/C16H20N2O/c1-3-11-18-12-15(9-10-16(18)19)17-13(2)14-7-5-4-6-8-14/h4-10,12-13,17H,3,11H2,1-2H3. The van der Waals surface area contributed by atoms with Gasteiger partial charge in [-0.3, -0.25) is 4.79 Å². The second kappa shape index (κ2) is 6.23. The quantitative estimate of drug-likeness (QED) is 0.889. The summed E-state index contributed by atoms with van der Waals surface area (Å²) in [5.41, 5.74) is 2.26. The molecular formula is C16H20N2O. The molecule has 0 aliphatic heterocycles. The molecule has 1 unspecified atom stereocenters. The Kier molecular flexibility index (Phi) is 4.39. The summed E-state index contributed by atoms with van der Waals surface area (Å²) in [5, 5.41) is 3.42. The predicted octanol–water partition coefficient (Wildman–Crippen LogP) is 3.43.